The minimum atomic E-state index is -1.08. The molecular formula is C13H11BrN4O2. The molecule has 6 nitrogen and oxygen atoms in total. The fraction of sp³-hybridized carbons (Fsp3) is 0.154. The number of hydrogen-bond donors (Lipinski definition) is 1. The van der Waals surface area contributed by atoms with Gasteiger partial charge in [0, 0.05) is 12.6 Å². The minimum Gasteiger partial charge on any atom is -0.476 e. The average molecular weight is 335 g/mol. The first kappa shape index (κ1) is 12.9. The number of fused-ring (bicyclic) bond motifs is 1. The molecule has 1 aromatic carbocycles. The Hall–Kier alpha value is -2.15. The molecule has 0 fully saturated rings. The van der Waals surface area contributed by atoms with Crippen molar-refractivity contribution < 1.29 is 9.90 Å². The number of hydrogen-bond acceptors (Lipinski definition) is 3. The van der Waals surface area contributed by atoms with Gasteiger partial charge in [-0.1, -0.05) is 23.8 Å². The van der Waals surface area contributed by atoms with Gasteiger partial charge in [-0.2, -0.15) is 4.52 Å². The van der Waals surface area contributed by atoms with Crippen molar-refractivity contribution in [2.45, 2.75) is 6.92 Å². The lowest BCUT2D eigenvalue weighted by Gasteiger charge is -2.01. The summed E-state index contributed by atoms with van der Waals surface area (Å²) in [7, 11) is 1.81. The molecule has 0 unspecified atom stereocenters. The van der Waals surface area contributed by atoms with Gasteiger partial charge in [0.2, 0.25) is 5.78 Å². The largest absolute Gasteiger partial charge is 0.476 e. The van der Waals surface area contributed by atoms with Gasteiger partial charge in [-0.3, -0.25) is 4.57 Å². The van der Waals surface area contributed by atoms with Crippen LogP contribution in [0.25, 0.3) is 17.2 Å². The summed E-state index contributed by atoms with van der Waals surface area (Å²) >= 11 is 3.23. The Labute approximate surface area is 122 Å². The standard InChI is InChI=1S/C13H11BrN4O2/c1-7-4-3-5-8(6-7)11-16-18-10(14)9(12(19)20)15-13(18)17(11)2/h3-6H,1-2H3,(H,19,20). The van der Waals surface area contributed by atoms with Gasteiger partial charge in [0.05, 0.1) is 0 Å². The molecule has 0 atom stereocenters. The van der Waals surface area contributed by atoms with E-state index >= 15 is 0 Å². The predicted octanol–water partition coefficient (Wildman–Crippen LogP) is 2.50. The Bertz CT molecular complexity index is 834. The van der Waals surface area contributed by atoms with E-state index in [0.717, 1.165) is 17.0 Å². The molecular weight excluding hydrogens is 324 g/mol. The van der Waals surface area contributed by atoms with Crippen molar-refractivity contribution in [2.75, 3.05) is 0 Å². The highest BCUT2D eigenvalue weighted by Gasteiger charge is 2.21. The van der Waals surface area contributed by atoms with Gasteiger partial charge in [-0.05, 0) is 28.9 Å². The number of carbonyl (C=O) groups is 1. The number of imidazole rings is 1. The summed E-state index contributed by atoms with van der Waals surface area (Å²) < 4.78 is 3.60. The van der Waals surface area contributed by atoms with E-state index in [1.807, 2.05) is 38.2 Å². The zero-order chi connectivity index (χ0) is 14.4. The SMILES string of the molecule is Cc1cccc(-c2nn3c(Br)c(C(=O)O)nc3n2C)c1. The summed E-state index contributed by atoms with van der Waals surface area (Å²) in [5, 5.41) is 13.5. The molecule has 0 aliphatic carbocycles. The monoisotopic (exact) mass is 334 g/mol. The molecule has 0 aliphatic heterocycles. The topological polar surface area (TPSA) is 72.4 Å². The van der Waals surface area contributed by atoms with Gasteiger partial charge < -0.3 is 5.11 Å². The van der Waals surface area contributed by atoms with Gasteiger partial charge in [0.1, 0.15) is 4.60 Å². The lowest BCUT2D eigenvalue weighted by Crippen LogP contribution is -2.00. The molecule has 102 valence electrons. The summed E-state index contributed by atoms with van der Waals surface area (Å²) in [5.41, 5.74) is 2.05. The molecule has 0 aliphatic rings. The fourth-order valence-electron chi connectivity index (χ4n) is 2.12. The molecule has 0 spiro atoms. The number of benzene rings is 1. The first-order valence-corrected chi connectivity index (χ1v) is 6.69. The number of halogens is 1. The van der Waals surface area contributed by atoms with Crippen LogP contribution < -0.4 is 0 Å². The van der Waals surface area contributed by atoms with Crippen LogP contribution in [0.3, 0.4) is 0 Å². The van der Waals surface area contributed by atoms with Gasteiger partial charge >= 0.3 is 5.97 Å². The van der Waals surface area contributed by atoms with Gasteiger partial charge in [-0.25, -0.2) is 9.78 Å². The lowest BCUT2D eigenvalue weighted by molar-refractivity contribution is 0.0690. The fourth-order valence-corrected chi connectivity index (χ4v) is 2.61. The summed E-state index contributed by atoms with van der Waals surface area (Å²) in [6.45, 7) is 2.01. The average Bonchev–Trinajstić information content (AvgIpc) is 2.88. The molecule has 0 saturated heterocycles. The van der Waals surface area contributed by atoms with E-state index in [-0.39, 0.29) is 5.69 Å². The summed E-state index contributed by atoms with van der Waals surface area (Å²) in [5.74, 6) is 0.124. The lowest BCUT2D eigenvalue weighted by atomic mass is 10.1. The maximum atomic E-state index is 11.1. The van der Waals surface area contributed by atoms with E-state index in [4.69, 9.17) is 5.11 Å². The van der Waals surface area contributed by atoms with Crippen LogP contribution >= 0.6 is 15.9 Å². The third-order valence-electron chi connectivity index (χ3n) is 3.07. The first-order chi connectivity index (χ1) is 9.49. The van der Waals surface area contributed by atoms with Crippen LogP contribution in [0.15, 0.2) is 28.9 Å². The molecule has 1 N–H and O–H groups in total. The minimum absolute atomic E-state index is 0.0427. The van der Waals surface area contributed by atoms with Gasteiger partial charge in [-0.15, -0.1) is 5.10 Å². The Kier molecular flexibility index (Phi) is 2.86. The van der Waals surface area contributed by atoms with Crippen LogP contribution in [0, 0.1) is 6.92 Å². The maximum absolute atomic E-state index is 11.1. The highest BCUT2D eigenvalue weighted by Crippen LogP contribution is 2.24. The number of carboxylic acid groups (broad SMARTS) is 1. The van der Waals surface area contributed by atoms with Crippen molar-refractivity contribution in [3.05, 3.63) is 40.1 Å². The Morgan fingerprint density at radius 3 is 2.75 bits per heavy atom. The van der Waals surface area contributed by atoms with Crippen molar-refractivity contribution >= 4 is 27.7 Å². The Balaban J connectivity index is 2.25. The molecule has 3 aromatic rings. The molecule has 20 heavy (non-hydrogen) atoms. The number of aryl methyl sites for hydroxylation is 2. The Morgan fingerprint density at radius 1 is 1.40 bits per heavy atom. The maximum Gasteiger partial charge on any atom is 0.357 e. The molecule has 2 heterocycles. The summed E-state index contributed by atoms with van der Waals surface area (Å²) in [6, 6.07) is 7.95. The molecule has 7 heteroatoms. The van der Waals surface area contributed by atoms with E-state index in [1.54, 1.807) is 4.57 Å². The third-order valence-corrected chi connectivity index (χ3v) is 3.79. The van der Waals surface area contributed by atoms with Crippen molar-refractivity contribution in [2.24, 2.45) is 7.05 Å². The van der Waals surface area contributed by atoms with Gasteiger partial charge in [0.25, 0.3) is 0 Å². The molecule has 0 radical (unpaired) electrons. The zero-order valence-corrected chi connectivity index (χ0v) is 12.4. The van der Waals surface area contributed by atoms with Crippen LogP contribution in [0.2, 0.25) is 0 Å². The number of nitrogens with zero attached hydrogens (tertiary/aromatic N) is 4. The van der Waals surface area contributed by atoms with E-state index in [1.165, 1.54) is 4.52 Å². The number of rotatable bonds is 2. The summed E-state index contributed by atoms with van der Waals surface area (Å²) in [6.07, 6.45) is 0. The van der Waals surface area contributed by atoms with Crippen LogP contribution in [0.1, 0.15) is 16.1 Å². The van der Waals surface area contributed by atoms with Crippen molar-refractivity contribution in [1.29, 1.82) is 0 Å². The van der Waals surface area contributed by atoms with Crippen molar-refractivity contribution in [3.8, 4) is 11.4 Å². The normalized spacial score (nSPS) is 11.2. The Morgan fingerprint density at radius 2 is 2.15 bits per heavy atom. The first-order valence-electron chi connectivity index (χ1n) is 5.90. The number of carboxylic acids is 1. The molecule has 3 rings (SSSR count). The molecule has 0 bridgehead atoms. The number of aromatic carboxylic acids is 1. The predicted molar refractivity (Wildman–Crippen MR) is 76.8 cm³/mol. The molecule has 0 saturated carbocycles. The van der Waals surface area contributed by atoms with Crippen molar-refractivity contribution in [1.82, 2.24) is 19.2 Å². The number of aromatic nitrogens is 4. The second kappa shape index (κ2) is 4.45. The smallest absolute Gasteiger partial charge is 0.357 e. The van der Waals surface area contributed by atoms with Crippen molar-refractivity contribution in [3.63, 3.8) is 0 Å². The van der Waals surface area contributed by atoms with Crippen LogP contribution in [0.4, 0.5) is 0 Å². The van der Waals surface area contributed by atoms with Crippen LogP contribution in [-0.2, 0) is 7.05 Å². The second-order valence-electron chi connectivity index (χ2n) is 4.52. The highest BCUT2D eigenvalue weighted by molar-refractivity contribution is 9.10. The van der Waals surface area contributed by atoms with Gasteiger partial charge in [0.15, 0.2) is 11.5 Å². The molecule has 2 aromatic heterocycles. The summed E-state index contributed by atoms with van der Waals surface area (Å²) in [4.78, 5) is 15.2. The van der Waals surface area contributed by atoms with E-state index in [2.05, 4.69) is 26.0 Å². The highest BCUT2D eigenvalue weighted by atomic mass is 79.9. The molecule has 0 amide bonds. The van der Waals surface area contributed by atoms with Crippen LogP contribution in [0.5, 0.6) is 0 Å². The van der Waals surface area contributed by atoms with Crippen LogP contribution in [-0.4, -0.2) is 30.2 Å². The third kappa shape index (κ3) is 1.82. The van der Waals surface area contributed by atoms with E-state index in [0.29, 0.717) is 10.4 Å². The zero-order valence-electron chi connectivity index (χ0n) is 10.8. The second-order valence-corrected chi connectivity index (χ2v) is 5.27. The van der Waals surface area contributed by atoms with E-state index < -0.39 is 5.97 Å². The van der Waals surface area contributed by atoms with E-state index in [9.17, 15) is 4.79 Å². The quantitative estimate of drug-likeness (QED) is 0.781.